The van der Waals surface area contributed by atoms with Gasteiger partial charge in [-0.3, -0.25) is 19.7 Å². The van der Waals surface area contributed by atoms with Crippen molar-refractivity contribution in [3.05, 3.63) is 97.4 Å². The van der Waals surface area contributed by atoms with Crippen LogP contribution in [0.25, 0.3) is 0 Å². The Morgan fingerprint density at radius 3 is 2.48 bits per heavy atom. The van der Waals surface area contributed by atoms with Crippen LogP contribution in [0.15, 0.2) is 64.6 Å². The highest BCUT2D eigenvalue weighted by atomic mass is 16.6. The second-order valence-electron chi connectivity index (χ2n) is 7.06. The number of amides is 1. The minimum absolute atomic E-state index is 0.0245. The van der Waals surface area contributed by atoms with Crippen molar-refractivity contribution < 1.29 is 19.2 Å². The molecule has 3 aromatic rings. The second kappa shape index (κ2) is 10.2. The summed E-state index contributed by atoms with van der Waals surface area (Å²) in [6.45, 7) is 2.29. The predicted octanol–water partition coefficient (Wildman–Crippen LogP) is 2.89. The van der Waals surface area contributed by atoms with Crippen molar-refractivity contribution in [3.8, 4) is 11.5 Å². The highest BCUT2D eigenvalue weighted by Gasteiger charge is 2.19. The average Bonchev–Trinajstić information content (AvgIpc) is 2.81. The number of methoxy groups -OCH3 is 2. The first-order valence-corrected chi connectivity index (χ1v) is 9.83. The number of nitrogens with zero attached hydrogens (tertiary/aromatic N) is 3. The fraction of sp³-hybridized carbons (Fsp3) is 0.174. The molecule has 0 fully saturated rings. The van der Waals surface area contributed by atoms with E-state index in [9.17, 15) is 19.7 Å². The molecular formula is C23H22N4O6. The molecule has 1 amide bonds. The molecule has 2 aromatic carbocycles. The molecule has 10 heteroatoms. The highest BCUT2D eigenvalue weighted by molar-refractivity contribution is 5.95. The van der Waals surface area contributed by atoms with Crippen LogP contribution in [0.5, 0.6) is 11.5 Å². The van der Waals surface area contributed by atoms with Gasteiger partial charge < -0.3 is 14.0 Å². The molecule has 0 bridgehead atoms. The van der Waals surface area contributed by atoms with E-state index in [4.69, 9.17) is 9.47 Å². The van der Waals surface area contributed by atoms with Gasteiger partial charge in [-0.15, -0.1) is 0 Å². The molecule has 0 aliphatic rings. The van der Waals surface area contributed by atoms with Crippen LogP contribution in [0.2, 0.25) is 0 Å². The maximum absolute atomic E-state index is 12.7. The van der Waals surface area contributed by atoms with Gasteiger partial charge in [-0.1, -0.05) is 29.8 Å². The Balaban J connectivity index is 1.80. The summed E-state index contributed by atoms with van der Waals surface area (Å²) < 4.78 is 11.6. The fourth-order valence-electron chi connectivity index (χ4n) is 3.09. The number of rotatable bonds is 8. The number of nitrogens with one attached hydrogen (secondary N) is 1. The topological polar surface area (TPSA) is 125 Å². The van der Waals surface area contributed by atoms with Crippen LogP contribution >= 0.6 is 0 Å². The molecule has 0 saturated heterocycles. The van der Waals surface area contributed by atoms with Crippen LogP contribution in [-0.4, -0.2) is 35.8 Å². The number of aromatic nitrogens is 1. The first kappa shape index (κ1) is 23.2. The summed E-state index contributed by atoms with van der Waals surface area (Å²) in [6.07, 6.45) is 2.79. The quantitative estimate of drug-likeness (QED) is 0.320. The molecule has 1 N–H and O–H groups in total. The minimum Gasteiger partial charge on any atom is -0.496 e. The second-order valence-corrected chi connectivity index (χ2v) is 7.06. The molecule has 0 spiro atoms. The van der Waals surface area contributed by atoms with E-state index in [0.717, 1.165) is 11.1 Å². The highest BCUT2D eigenvalue weighted by Crippen LogP contribution is 2.33. The number of hydrogen-bond acceptors (Lipinski definition) is 7. The van der Waals surface area contributed by atoms with E-state index in [1.54, 1.807) is 12.3 Å². The molecule has 0 radical (unpaired) electrons. The van der Waals surface area contributed by atoms with E-state index in [1.165, 1.54) is 43.2 Å². The number of pyridine rings is 1. The largest absolute Gasteiger partial charge is 0.496 e. The molecule has 33 heavy (non-hydrogen) atoms. The lowest BCUT2D eigenvalue weighted by Gasteiger charge is -2.09. The number of nitro benzene ring substituents is 1. The molecule has 0 saturated carbocycles. The summed E-state index contributed by atoms with van der Waals surface area (Å²) in [5.74, 6) is -0.427. The lowest BCUT2D eigenvalue weighted by Crippen LogP contribution is -2.30. The van der Waals surface area contributed by atoms with E-state index >= 15 is 0 Å². The van der Waals surface area contributed by atoms with Gasteiger partial charge in [0.15, 0.2) is 0 Å². The maximum Gasteiger partial charge on any atom is 0.311 e. The van der Waals surface area contributed by atoms with Crippen LogP contribution < -0.4 is 20.5 Å². The average molecular weight is 450 g/mol. The summed E-state index contributed by atoms with van der Waals surface area (Å²) >= 11 is 0. The number of carbonyl (C=O) groups is 1. The predicted molar refractivity (Wildman–Crippen MR) is 122 cm³/mol. The van der Waals surface area contributed by atoms with Crippen molar-refractivity contribution in [2.45, 2.75) is 13.5 Å². The SMILES string of the molecule is COc1cc(OC)c([N+](=O)[O-])cc1/C=N\NC(=O)c1cccn(Cc2ccc(C)cc2)c1=O. The third kappa shape index (κ3) is 5.42. The van der Waals surface area contributed by atoms with E-state index in [1.807, 2.05) is 31.2 Å². The summed E-state index contributed by atoms with van der Waals surface area (Å²) in [5, 5.41) is 15.1. The molecule has 0 unspecified atom stereocenters. The van der Waals surface area contributed by atoms with Gasteiger partial charge in [0.25, 0.3) is 11.5 Å². The Hall–Kier alpha value is -4.47. The molecular weight excluding hydrogens is 428 g/mol. The molecule has 3 rings (SSSR count). The van der Waals surface area contributed by atoms with Crippen molar-refractivity contribution in [1.29, 1.82) is 0 Å². The van der Waals surface area contributed by atoms with Gasteiger partial charge in [-0.05, 0) is 24.6 Å². The Morgan fingerprint density at radius 2 is 1.85 bits per heavy atom. The number of nitro groups is 1. The van der Waals surface area contributed by atoms with Crippen molar-refractivity contribution in [2.24, 2.45) is 5.10 Å². The monoisotopic (exact) mass is 450 g/mol. The van der Waals surface area contributed by atoms with E-state index in [-0.39, 0.29) is 28.3 Å². The molecule has 1 aromatic heterocycles. The smallest absolute Gasteiger partial charge is 0.311 e. The normalized spacial score (nSPS) is 10.8. The lowest BCUT2D eigenvalue weighted by molar-refractivity contribution is -0.385. The van der Waals surface area contributed by atoms with Gasteiger partial charge in [0.2, 0.25) is 5.75 Å². The summed E-state index contributed by atoms with van der Waals surface area (Å²) in [4.78, 5) is 35.9. The van der Waals surface area contributed by atoms with Crippen LogP contribution in [0.3, 0.4) is 0 Å². The first-order chi connectivity index (χ1) is 15.8. The first-order valence-electron chi connectivity index (χ1n) is 9.83. The number of hydrogen-bond donors (Lipinski definition) is 1. The lowest BCUT2D eigenvalue weighted by atomic mass is 10.1. The zero-order valence-electron chi connectivity index (χ0n) is 18.3. The fourth-order valence-corrected chi connectivity index (χ4v) is 3.09. The van der Waals surface area contributed by atoms with Gasteiger partial charge in [0, 0.05) is 23.9 Å². The minimum atomic E-state index is -0.712. The van der Waals surface area contributed by atoms with Crippen LogP contribution in [-0.2, 0) is 6.54 Å². The van der Waals surface area contributed by atoms with Crippen molar-refractivity contribution in [3.63, 3.8) is 0 Å². The molecule has 0 aliphatic carbocycles. The summed E-state index contributed by atoms with van der Waals surface area (Å²) in [7, 11) is 2.69. The van der Waals surface area contributed by atoms with Gasteiger partial charge in [0.1, 0.15) is 11.3 Å². The zero-order chi connectivity index (χ0) is 24.0. The number of ether oxygens (including phenoxy) is 2. The van der Waals surface area contributed by atoms with Crippen molar-refractivity contribution in [1.82, 2.24) is 9.99 Å². The molecule has 170 valence electrons. The van der Waals surface area contributed by atoms with Crippen LogP contribution in [0.4, 0.5) is 5.69 Å². The van der Waals surface area contributed by atoms with Gasteiger partial charge in [-0.2, -0.15) is 5.10 Å². The third-order valence-electron chi connectivity index (χ3n) is 4.84. The van der Waals surface area contributed by atoms with E-state index in [2.05, 4.69) is 10.5 Å². The van der Waals surface area contributed by atoms with Gasteiger partial charge in [-0.25, -0.2) is 5.43 Å². The molecule has 1 heterocycles. The number of aryl methyl sites for hydroxylation is 1. The van der Waals surface area contributed by atoms with Crippen molar-refractivity contribution in [2.75, 3.05) is 14.2 Å². The number of benzene rings is 2. The molecule has 0 aliphatic heterocycles. The number of hydrazone groups is 1. The van der Waals surface area contributed by atoms with Gasteiger partial charge >= 0.3 is 5.69 Å². The Kier molecular flexibility index (Phi) is 7.19. The Labute approximate surface area is 189 Å². The van der Waals surface area contributed by atoms with Crippen LogP contribution in [0.1, 0.15) is 27.0 Å². The van der Waals surface area contributed by atoms with Crippen LogP contribution in [0, 0.1) is 17.0 Å². The standard InChI is InChI=1S/C23H22N4O6/c1-15-6-8-16(9-7-15)14-26-10-4-5-18(23(26)29)22(28)25-24-13-17-11-19(27(30)31)21(33-3)12-20(17)32-2/h4-13H,14H2,1-3H3,(H,25,28)/b24-13-. The molecule has 10 nitrogen and oxygen atoms in total. The maximum atomic E-state index is 12.7. The van der Waals surface area contributed by atoms with E-state index < -0.39 is 16.4 Å². The van der Waals surface area contributed by atoms with Crippen molar-refractivity contribution >= 4 is 17.8 Å². The summed E-state index contributed by atoms with van der Waals surface area (Å²) in [5.41, 5.74) is 3.71. The summed E-state index contributed by atoms with van der Waals surface area (Å²) in [6, 6.07) is 13.3. The third-order valence-corrected chi connectivity index (χ3v) is 4.84. The number of carbonyl (C=O) groups excluding carboxylic acids is 1. The Morgan fingerprint density at radius 1 is 1.15 bits per heavy atom. The zero-order valence-corrected chi connectivity index (χ0v) is 18.3. The molecule has 0 atom stereocenters. The Bertz CT molecular complexity index is 1260. The van der Waals surface area contributed by atoms with E-state index in [0.29, 0.717) is 6.54 Å². The van der Waals surface area contributed by atoms with Gasteiger partial charge in [0.05, 0.1) is 31.9 Å².